The number of carbonyl (C=O) groups is 1. The van der Waals surface area contributed by atoms with Crippen molar-refractivity contribution in [3.63, 3.8) is 0 Å². The van der Waals surface area contributed by atoms with E-state index in [1.54, 1.807) is 0 Å². The van der Waals surface area contributed by atoms with Crippen molar-refractivity contribution in [3.8, 4) is 5.75 Å². The average molecular weight is 272 g/mol. The molecule has 3 rings (SSSR count). The number of ether oxygens (including phenoxy) is 1. The molecule has 0 radical (unpaired) electrons. The topological polar surface area (TPSA) is 64.4 Å². The van der Waals surface area contributed by atoms with Gasteiger partial charge in [-0.15, -0.1) is 0 Å². The van der Waals surface area contributed by atoms with Crippen LogP contribution in [0.5, 0.6) is 5.75 Å². The normalized spacial score (nSPS) is 13.8. The predicted octanol–water partition coefficient (Wildman–Crippen LogP) is 2.76. The molecular formula is C15H16N2O3. The van der Waals surface area contributed by atoms with Crippen molar-refractivity contribution >= 4 is 11.6 Å². The molecule has 0 spiro atoms. The van der Waals surface area contributed by atoms with Crippen LogP contribution < -0.4 is 10.1 Å². The highest BCUT2D eigenvalue weighted by atomic mass is 16.5. The van der Waals surface area contributed by atoms with Crippen LogP contribution in [0.25, 0.3) is 0 Å². The first-order valence-corrected chi connectivity index (χ1v) is 6.61. The van der Waals surface area contributed by atoms with Gasteiger partial charge in [0.2, 0.25) is 5.91 Å². The molecule has 0 saturated carbocycles. The van der Waals surface area contributed by atoms with Crippen molar-refractivity contribution in [3.05, 3.63) is 40.8 Å². The molecule has 104 valence electrons. The molecule has 1 aromatic carbocycles. The molecule has 0 saturated heterocycles. The van der Waals surface area contributed by atoms with Gasteiger partial charge in [-0.2, -0.15) is 0 Å². The Balaban J connectivity index is 1.75. The number of nitrogens with one attached hydrogen (secondary N) is 1. The van der Waals surface area contributed by atoms with Gasteiger partial charge in [-0.1, -0.05) is 11.2 Å². The summed E-state index contributed by atoms with van der Waals surface area (Å²) >= 11 is 0. The second-order valence-corrected chi connectivity index (χ2v) is 4.96. The van der Waals surface area contributed by atoms with Crippen LogP contribution in [0.1, 0.15) is 29.0 Å². The molecule has 20 heavy (non-hydrogen) atoms. The predicted molar refractivity (Wildman–Crippen MR) is 73.7 cm³/mol. The number of benzene rings is 1. The minimum atomic E-state index is 0.0559. The minimum Gasteiger partial charge on any atom is -0.489 e. The smallest absolute Gasteiger partial charge is 0.224 e. The number of anilines is 1. The van der Waals surface area contributed by atoms with Gasteiger partial charge in [0.1, 0.15) is 18.1 Å². The molecule has 1 aliphatic rings. The first kappa shape index (κ1) is 12.7. The van der Waals surface area contributed by atoms with E-state index in [2.05, 4.69) is 10.5 Å². The van der Waals surface area contributed by atoms with Crippen molar-refractivity contribution in [2.75, 3.05) is 5.32 Å². The van der Waals surface area contributed by atoms with E-state index in [1.165, 1.54) is 0 Å². The van der Waals surface area contributed by atoms with Crippen LogP contribution in [0, 0.1) is 13.8 Å². The van der Waals surface area contributed by atoms with E-state index in [0.717, 1.165) is 40.4 Å². The van der Waals surface area contributed by atoms with E-state index < -0.39 is 0 Å². The number of carbonyl (C=O) groups excluding carboxylic acids is 1. The van der Waals surface area contributed by atoms with Gasteiger partial charge >= 0.3 is 0 Å². The van der Waals surface area contributed by atoms with Gasteiger partial charge in [-0.25, -0.2) is 0 Å². The van der Waals surface area contributed by atoms with Crippen LogP contribution in [0.2, 0.25) is 0 Å². The summed E-state index contributed by atoms with van der Waals surface area (Å²) in [4.78, 5) is 11.4. The van der Waals surface area contributed by atoms with Crippen molar-refractivity contribution in [2.24, 2.45) is 0 Å². The summed E-state index contributed by atoms with van der Waals surface area (Å²) in [6, 6.07) is 5.79. The summed E-state index contributed by atoms with van der Waals surface area (Å²) in [5.41, 5.74) is 3.80. The third-order valence-corrected chi connectivity index (χ3v) is 3.54. The highest BCUT2D eigenvalue weighted by Gasteiger charge is 2.15. The molecule has 0 aliphatic carbocycles. The van der Waals surface area contributed by atoms with Crippen LogP contribution in [-0.4, -0.2) is 11.1 Å². The standard InChI is InChI=1S/C15H16N2O3/c1-9-13(10(2)20-17-9)8-19-12-5-3-11-4-6-15(18)16-14(11)7-12/h3,5,7H,4,6,8H2,1-2H3,(H,16,18). The van der Waals surface area contributed by atoms with Gasteiger partial charge in [-0.05, 0) is 31.9 Å². The third-order valence-electron chi connectivity index (χ3n) is 3.54. The Bertz CT molecular complexity index is 642. The molecule has 0 atom stereocenters. The van der Waals surface area contributed by atoms with Crippen LogP contribution in [0.15, 0.2) is 22.7 Å². The number of fused-ring (bicyclic) bond motifs is 1. The largest absolute Gasteiger partial charge is 0.489 e. The zero-order valence-corrected chi connectivity index (χ0v) is 11.5. The molecule has 1 aromatic heterocycles. The summed E-state index contributed by atoms with van der Waals surface area (Å²) in [5, 5.41) is 6.76. The Morgan fingerprint density at radius 1 is 1.35 bits per heavy atom. The van der Waals surface area contributed by atoms with Gasteiger partial charge in [0, 0.05) is 18.2 Å². The van der Waals surface area contributed by atoms with E-state index in [-0.39, 0.29) is 5.91 Å². The van der Waals surface area contributed by atoms with Crippen molar-refractivity contribution in [1.82, 2.24) is 5.16 Å². The zero-order chi connectivity index (χ0) is 14.1. The molecule has 1 N–H and O–H groups in total. The van der Waals surface area contributed by atoms with E-state index in [4.69, 9.17) is 9.26 Å². The van der Waals surface area contributed by atoms with Crippen molar-refractivity contribution in [1.29, 1.82) is 0 Å². The number of aromatic nitrogens is 1. The number of nitrogens with zero attached hydrogens (tertiary/aromatic N) is 1. The Morgan fingerprint density at radius 2 is 2.20 bits per heavy atom. The summed E-state index contributed by atoms with van der Waals surface area (Å²) in [7, 11) is 0. The molecule has 0 bridgehead atoms. The summed E-state index contributed by atoms with van der Waals surface area (Å²) < 4.78 is 10.9. The molecule has 2 aromatic rings. The van der Waals surface area contributed by atoms with Gasteiger partial charge in [0.15, 0.2) is 0 Å². The third kappa shape index (κ3) is 2.39. The molecule has 0 unspecified atom stereocenters. The maximum Gasteiger partial charge on any atom is 0.224 e. The number of hydrogen-bond acceptors (Lipinski definition) is 4. The van der Waals surface area contributed by atoms with Gasteiger partial charge < -0.3 is 14.6 Å². The van der Waals surface area contributed by atoms with Crippen molar-refractivity contribution in [2.45, 2.75) is 33.3 Å². The molecule has 5 nitrogen and oxygen atoms in total. The highest BCUT2D eigenvalue weighted by Crippen LogP contribution is 2.27. The lowest BCUT2D eigenvalue weighted by Gasteiger charge is -2.17. The van der Waals surface area contributed by atoms with E-state index in [1.807, 2.05) is 32.0 Å². The lowest BCUT2D eigenvalue weighted by molar-refractivity contribution is -0.116. The maximum atomic E-state index is 11.4. The minimum absolute atomic E-state index is 0.0559. The van der Waals surface area contributed by atoms with Crippen LogP contribution in [-0.2, 0) is 17.8 Å². The monoisotopic (exact) mass is 272 g/mol. The SMILES string of the molecule is Cc1noc(C)c1COc1ccc2c(c1)NC(=O)CC2. The number of hydrogen-bond donors (Lipinski definition) is 1. The average Bonchev–Trinajstić information content (AvgIpc) is 2.75. The summed E-state index contributed by atoms with van der Waals surface area (Å²) in [6.45, 7) is 4.17. The quantitative estimate of drug-likeness (QED) is 0.933. The van der Waals surface area contributed by atoms with Crippen molar-refractivity contribution < 1.29 is 14.1 Å². The highest BCUT2D eigenvalue weighted by molar-refractivity contribution is 5.94. The van der Waals surface area contributed by atoms with Crippen LogP contribution in [0.3, 0.4) is 0 Å². The first-order valence-electron chi connectivity index (χ1n) is 6.61. The molecule has 5 heteroatoms. The van der Waals surface area contributed by atoms with Gasteiger partial charge in [0.25, 0.3) is 0 Å². The zero-order valence-electron chi connectivity index (χ0n) is 11.5. The summed E-state index contributed by atoms with van der Waals surface area (Å²) in [5.74, 6) is 1.56. The Morgan fingerprint density at radius 3 is 2.95 bits per heavy atom. The lowest BCUT2D eigenvalue weighted by atomic mass is 10.0. The molecule has 1 aliphatic heterocycles. The van der Waals surface area contributed by atoms with E-state index >= 15 is 0 Å². The molecular weight excluding hydrogens is 256 g/mol. The summed E-state index contributed by atoms with van der Waals surface area (Å²) in [6.07, 6.45) is 1.33. The number of amides is 1. The number of rotatable bonds is 3. The lowest BCUT2D eigenvalue weighted by Crippen LogP contribution is -2.18. The van der Waals surface area contributed by atoms with Crippen LogP contribution in [0.4, 0.5) is 5.69 Å². The van der Waals surface area contributed by atoms with Gasteiger partial charge in [-0.3, -0.25) is 4.79 Å². The second kappa shape index (κ2) is 5.00. The van der Waals surface area contributed by atoms with E-state index in [0.29, 0.717) is 13.0 Å². The molecule has 1 amide bonds. The fourth-order valence-electron chi connectivity index (χ4n) is 2.30. The Labute approximate surface area is 116 Å². The first-order chi connectivity index (χ1) is 9.63. The Hall–Kier alpha value is -2.30. The van der Waals surface area contributed by atoms with E-state index in [9.17, 15) is 4.79 Å². The van der Waals surface area contributed by atoms with Gasteiger partial charge in [0.05, 0.1) is 11.3 Å². The Kier molecular flexibility index (Phi) is 3.18. The second-order valence-electron chi connectivity index (χ2n) is 4.96. The molecule has 2 heterocycles. The molecule has 0 fully saturated rings. The fraction of sp³-hybridized carbons (Fsp3) is 0.333. The number of aryl methyl sites for hydroxylation is 3. The maximum absolute atomic E-state index is 11.4. The van der Waals surface area contributed by atoms with Crippen LogP contribution >= 0.6 is 0 Å². The fourth-order valence-corrected chi connectivity index (χ4v) is 2.30.